The average Bonchev–Trinajstić information content (AvgIpc) is 3.09. The molecule has 1 aromatic rings. The zero-order valence-corrected chi connectivity index (χ0v) is 16.7. The van der Waals surface area contributed by atoms with Crippen LogP contribution in [0.15, 0.2) is 34.2 Å². The van der Waals surface area contributed by atoms with E-state index in [-0.39, 0.29) is 17.2 Å². The molecule has 1 aromatic carbocycles. The third kappa shape index (κ3) is 4.96. The lowest BCUT2D eigenvalue weighted by molar-refractivity contribution is 0.319. The van der Waals surface area contributed by atoms with Gasteiger partial charge in [-0.2, -0.15) is 0 Å². The second-order valence-electron chi connectivity index (χ2n) is 6.79. The zero-order valence-electron chi connectivity index (χ0n) is 15.9. The van der Waals surface area contributed by atoms with Gasteiger partial charge in [0.2, 0.25) is 0 Å². The van der Waals surface area contributed by atoms with E-state index in [0.717, 1.165) is 31.4 Å². The van der Waals surface area contributed by atoms with Gasteiger partial charge in [0.15, 0.2) is 15.8 Å². The van der Waals surface area contributed by atoms with E-state index in [0.29, 0.717) is 5.92 Å². The second kappa shape index (κ2) is 9.35. The maximum Gasteiger partial charge on any atom is 0.193 e. The van der Waals surface area contributed by atoms with Crippen LogP contribution < -0.4 is 5.32 Å². The number of benzene rings is 1. The number of nitrogens with one attached hydrogen (secondary N) is 1. The number of rotatable bonds is 7. The van der Waals surface area contributed by atoms with Crippen LogP contribution in [0.3, 0.4) is 0 Å². The number of likely N-dealkylation sites (tertiary alicyclic amines) is 1. The lowest BCUT2D eigenvalue weighted by Crippen LogP contribution is -2.42. The topological polar surface area (TPSA) is 61.8 Å². The standard InChI is InChI=1S/C19H30FN3O2S/c1-4-15(5-2)16-10-12-23(14-16)19(21-3)22-11-13-26(24,25)18-9-7-6-8-17(18)20/h6-9,15-16H,4-5,10-14H2,1-3H3,(H,21,22). The Morgan fingerprint density at radius 3 is 2.65 bits per heavy atom. The van der Waals surface area contributed by atoms with Crippen LogP contribution in [-0.2, 0) is 9.84 Å². The van der Waals surface area contributed by atoms with Crippen molar-refractivity contribution >= 4 is 15.8 Å². The first kappa shape index (κ1) is 20.7. The van der Waals surface area contributed by atoms with Crippen molar-refractivity contribution in [2.45, 2.75) is 38.0 Å². The van der Waals surface area contributed by atoms with Crippen LogP contribution in [0.25, 0.3) is 0 Å². The largest absolute Gasteiger partial charge is 0.355 e. The maximum absolute atomic E-state index is 13.7. The van der Waals surface area contributed by atoms with Crippen molar-refractivity contribution in [2.75, 3.05) is 32.4 Å². The molecule has 0 aliphatic carbocycles. The molecule has 0 aromatic heterocycles. The first-order valence-electron chi connectivity index (χ1n) is 9.35. The van der Waals surface area contributed by atoms with Gasteiger partial charge in [-0.15, -0.1) is 0 Å². The van der Waals surface area contributed by atoms with Gasteiger partial charge in [0.1, 0.15) is 10.7 Å². The smallest absolute Gasteiger partial charge is 0.193 e. The maximum atomic E-state index is 13.7. The number of nitrogens with zero attached hydrogens (tertiary/aromatic N) is 2. The van der Waals surface area contributed by atoms with E-state index in [2.05, 4.69) is 29.1 Å². The molecule has 26 heavy (non-hydrogen) atoms. The van der Waals surface area contributed by atoms with Crippen molar-refractivity contribution in [2.24, 2.45) is 16.8 Å². The van der Waals surface area contributed by atoms with Crippen LogP contribution in [-0.4, -0.2) is 51.7 Å². The molecule has 7 heteroatoms. The minimum Gasteiger partial charge on any atom is -0.355 e. The molecule has 0 amide bonds. The summed E-state index contributed by atoms with van der Waals surface area (Å²) in [4.78, 5) is 6.24. The van der Waals surface area contributed by atoms with Crippen LogP contribution in [0, 0.1) is 17.7 Å². The van der Waals surface area contributed by atoms with Crippen molar-refractivity contribution in [3.8, 4) is 0 Å². The first-order valence-corrected chi connectivity index (χ1v) is 11.0. The second-order valence-corrected chi connectivity index (χ2v) is 8.87. The number of hydrogen-bond acceptors (Lipinski definition) is 3. The Kier molecular flexibility index (Phi) is 7.43. The van der Waals surface area contributed by atoms with Crippen LogP contribution in [0.5, 0.6) is 0 Å². The number of hydrogen-bond donors (Lipinski definition) is 1. The van der Waals surface area contributed by atoms with E-state index in [9.17, 15) is 12.8 Å². The van der Waals surface area contributed by atoms with Crippen LogP contribution in [0.4, 0.5) is 4.39 Å². The first-order chi connectivity index (χ1) is 12.4. The van der Waals surface area contributed by atoms with Crippen LogP contribution >= 0.6 is 0 Å². The minimum absolute atomic E-state index is 0.170. The molecule has 0 bridgehead atoms. The summed E-state index contributed by atoms with van der Waals surface area (Å²) in [6.45, 7) is 6.55. The van der Waals surface area contributed by atoms with Crippen LogP contribution in [0.2, 0.25) is 0 Å². The van der Waals surface area contributed by atoms with Gasteiger partial charge < -0.3 is 10.2 Å². The number of aliphatic imine (C=N–C) groups is 1. The molecule has 2 rings (SSSR count). The van der Waals surface area contributed by atoms with E-state index in [1.807, 2.05) is 0 Å². The third-order valence-corrected chi connectivity index (χ3v) is 7.02. The summed E-state index contributed by atoms with van der Waals surface area (Å²) in [6.07, 6.45) is 3.50. The van der Waals surface area contributed by atoms with Gasteiger partial charge in [-0.25, -0.2) is 12.8 Å². The predicted molar refractivity (Wildman–Crippen MR) is 104 cm³/mol. The van der Waals surface area contributed by atoms with Gasteiger partial charge in [0.05, 0.1) is 5.75 Å². The van der Waals surface area contributed by atoms with Crippen molar-refractivity contribution in [1.82, 2.24) is 10.2 Å². The van der Waals surface area contributed by atoms with Crippen molar-refractivity contribution in [1.29, 1.82) is 0 Å². The summed E-state index contributed by atoms with van der Waals surface area (Å²) in [7, 11) is -1.95. The normalized spacial score (nSPS) is 18.6. The zero-order chi connectivity index (χ0) is 19.2. The van der Waals surface area contributed by atoms with Crippen molar-refractivity contribution < 1.29 is 12.8 Å². The lowest BCUT2D eigenvalue weighted by Gasteiger charge is -2.24. The number of guanidine groups is 1. The van der Waals surface area contributed by atoms with Gasteiger partial charge in [0.25, 0.3) is 0 Å². The molecule has 1 unspecified atom stereocenters. The molecule has 146 valence electrons. The molecule has 1 fully saturated rings. The fourth-order valence-corrected chi connectivity index (χ4v) is 5.00. The molecule has 5 nitrogen and oxygen atoms in total. The number of halogens is 1. The minimum atomic E-state index is -3.66. The van der Waals surface area contributed by atoms with Gasteiger partial charge in [-0.05, 0) is 30.4 Å². The molecule has 0 spiro atoms. The van der Waals surface area contributed by atoms with E-state index in [1.54, 1.807) is 7.05 Å². The van der Waals surface area contributed by atoms with E-state index in [4.69, 9.17) is 0 Å². The Bertz CT molecular complexity index is 717. The Morgan fingerprint density at radius 2 is 2.04 bits per heavy atom. The Balaban J connectivity index is 1.91. The van der Waals surface area contributed by atoms with E-state index < -0.39 is 15.7 Å². The highest BCUT2D eigenvalue weighted by atomic mass is 32.2. The van der Waals surface area contributed by atoms with Gasteiger partial charge in [-0.1, -0.05) is 38.8 Å². The monoisotopic (exact) mass is 383 g/mol. The Labute approximate surface area is 156 Å². The highest BCUT2D eigenvalue weighted by Crippen LogP contribution is 2.28. The summed E-state index contributed by atoms with van der Waals surface area (Å²) in [5, 5.41) is 3.13. The SMILES string of the molecule is CCC(CC)C1CCN(C(=NC)NCCS(=O)(=O)c2ccccc2F)C1. The number of sulfone groups is 1. The van der Waals surface area contributed by atoms with Crippen molar-refractivity contribution in [3.63, 3.8) is 0 Å². The molecule has 0 saturated carbocycles. The molecule has 1 atom stereocenters. The van der Waals surface area contributed by atoms with E-state index in [1.165, 1.54) is 37.1 Å². The van der Waals surface area contributed by atoms with Gasteiger partial charge in [0, 0.05) is 26.7 Å². The summed E-state index contributed by atoms with van der Waals surface area (Å²) in [5.74, 6) is 1.23. The molecule has 0 radical (unpaired) electrons. The third-order valence-electron chi connectivity index (χ3n) is 5.28. The van der Waals surface area contributed by atoms with E-state index >= 15 is 0 Å². The highest BCUT2D eigenvalue weighted by molar-refractivity contribution is 7.91. The van der Waals surface area contributed by atoms with Gasteiger partial charge in [-0.3, -0.25) is 4.99 Å². The molecule has 1 aliphatic rings. The summed E-state index contributed by atoms with van der Waals surface area (Å²) >= 11 is 0. The lowest BCUT2D eigenvalue weighted by atomic mass is 9.87. The summed E-state index contributed by atoms with van der Waals surface area (Å²) < 4.78 is 38.4. The fraction of sp³-hybridized carbons (Fsp3) is 0.632. The molecule has 1 aliphatic heterocycles. The molecule has 1 N–H and O–H groups in total. The molecular formula is C19H30FN3O2S. The molecular weight excluding hydrogens is 353 g/mol. The molecule has 1 heterocycles. The average molecular weight is 384 g/mol. The van der Waals surface area contributed by atoms with Gasteiger partial charge >= 0.3 is 0 Å². The predicted octanol–water partition coefficient (Wildman–Crippen LogP) is 2.93. The fourth-order valence-electron chi connectivity index (χ4n) is 3.76. The molecule has 1 saturated heterocycles. The Hall–Kier alpha value is -1.63. The summed E-state index contributed by atoms with van der Waals surface area (Å²) in [6, 6.07) is 5.49. The summed E-state index contributed by atoms with van der Waals surface area (Å²) in [5.41, 5.74) is 0. The van der Waals surface area contributed by atoms with Crippen molar-refractivity contribution in [3.05, 3.63) is 30.1 Å². The Morgan fingerprint density at radius 1 is 1.35 bits per heavy atom. The quantitative estimate of drug-likeness (QED) is 0.581. The van der Waals surface area contributed by atoms with Crippen LogP contribution in [0.1, 0.15) is 33.1 Å². The highest BCUT2D eigenvalue weighted by Gasteiger charge is 2.29.